The Labute approximate surface area is 152 Å². The van der Waals surface area contributed by atoms with E-state index in [1.165, 1.54) is 6.20 Å². The number of nitrogens with zero attached hydrogens (tertiary/aromatic N) is 1. The minimum atomic E-state index is -0.726. The minimum absolute atomic E-state index is 0.0740. The van der Waals surface area contributed by atoms with Gasteiger partial charge in [-0.25, -0.2) is 0 Å². The predicted molar refractivity (Wildman–Crippen MR) is 96.8 cm³/mol. The molecule has 2 rings (SSSR count). The molecule has 0 radical (unpaired) electrons. The number of ether oxygens (including phenoxy) is 1. The quantitative estimate of drug-likeness (QED) is 0.590. The number of imide groups is 1. The molecule has 0 aliphatic carbocycles. The zero-order chi connectivity index (χ0) is 18.8. The van der Waals surface area contributed by atoms with E-state index in [4.69, 9.17) is 10.00 Å². The highest BCUT2D eigenvalue weighted by Gasteiger charge is 2.13. The van der Waals surface area contributed by atoms with Gasteiger partial charge < -0.3 is 10.1 Å². The van der Waals surface area contributed by atoms with Gasteiger partial charge in [-0.2, -0.15) is 5.26 Å². The lowest BCUT2D eigenvalue weighted by Crippen LogP contribution is -2.33. The first-order chi connectivity index (χ1) is 12.6. The van der Waals surface area contributed by atoms with Gasteiger partial charge in [0.1, 0.15) is 17.4 Å². The van der Waals surface area contributed by atoms with Crippen LogP contribution < -0.4 is 15.4 Å². The fourth-order valence-electron chi connectivity index (χ4n) is 2.18. The first-order valence-corrected chi connectivity index (χ1v) is 7.97. The Balaban J connectivity index is 1.87. The second-order valence-corrected chi connectivity index (χ2v) is 5.44. The monoisotopic (exact) mass is 349 g/mol. The Morgan fingerprint density at radius 1 is 1.08 bits per heavy atom. The van der Waals surface area contributed by atoms with Gasteiger partial charge in [-0.05, 0) is 23.3 Å². The molecule has 0 fully saturated rings. The number of rotatable bonds is 7. The van der Waals surface area contributed by atoms with Crippen LogP contribution in [0.3, 0.4) is 0 Å². The highest BCUT2D eigenvalue weighted by atomic mass is 16.5. The average molecular weight is 349 g/mol. The molecule has 2 N–H and O–H groups in total. The van der Waals surface area contributed by atoms with Gasteiger partial charge in [0.2, 0.25) is 5.91 Å². The molecule has 0 saturated heterocycles. The highest BCUT2D eigenvalue weighted by Crippen LogP contribution is 2.11. The largest absolute Gasteiger partial charge is 0.497 e. The summed E-state index contributed by atoms with van der Waals surface area (Å²) in [5.74, 6) is -0.438. The van der Waals surface area contributed by atoms with E-state index in [1.54, 1.807) is 25.3 Å². The number of nitrogens with one attached hydrogen (secondary N) is 2. The van der Waals surface area contributed by atoms with Crippen molar-refractivity contribution in [3.05, 3.63) is 77.5 Å². The van der Waals surface area contributed by atoms with Crippen LogP contribution in [-0.4, -0.2) is 18.9 Å². The molecule has 2 aromatic carbocycles. The maximum absolute atomic E-state index is 12.0. The number of amides is 2. The van der Waals surface area contributed by atoms with Crippen LogP contribution >= 0.6 is 0 Å². The predicted octanol–water partition coefficient (Wildman–Crippen LogP) is 2.08. The van der Waals surface area contributed by atoms with Gasteiger partial charge in [0, 0.05) is 12.7 Å². The summed E-state index contributed by atoms with van der Waals surface area (Å²) in [4.78, 5) is 23.9. The summed E-state index contributed by atoms with van der Waals surface area (Å²) in [5.41, 5.74) is 1.58. The summed E-state index contributed by atoms with van der Waals surface area (Å²) < 4.78 is 5.08. The molecule has 6 nitrogen and oxygen atoms in total. The lowest BCUT2D eigenvalue weighted by atomic mass is 10.1. The number of carbonyl (C=O) groups excluding carboxylic acids is 2. The molecular weight excluding hydrogens is 330 g/mol. The third kappa shape index (κ3) is 5.80. The molecular formula is C20H19N3O3. The molecule has 0 atom stereocenters. The van der Waals surface area contributed by atoms with Gasteiger partial charge in [0.15, 0.2) is 0 Å². The first-order valence-electron chi connectivity index (χ1n) is 7.97. The molecule has 0 heterocycles. The van der Waals surface area contributed by atoms with Gasteiger partial charge in [0.25, 0.3) is 5.91 Å². The molecule has 132 valence electrons. The smallest absolute Gasteiger partial charge is 0.269 e. The van der Waals surface area contributed by atoms with E-state index < -0.39 is 11.8 Å². The summed E-state index contributed by atoms with van der Waals surface area (Å²) in [5, 5.41) is 14.2. The van der Waals surface area contributed by atoms with Crippen molar-refractivity contribution in [1.29, 1.82) is 5.26 Å². The van der Waals surface area contributed by atoms with E-state index in [0.717, 1.165) is 16.9 Å². The minimum Gasteiger partial charge on any atom is -0.497 e. The summed E-state index contributed by atoms with van der Waals surface area (Å²) in [7, 11) is 1.59. The van der Waals surface area contributed by atoms with Crippen molar-refractivity contribution in [2.24, 2.45) is 0 Å². The van der Waals surface area contributed by atoms with E-state index in [0.29, 0.717) is 6.54 Å². The molecule has 0 saturated carbocycles. The summed E-state index contributed by atoms with van der Waals surface area (Å²) in [6.07, 6.45) is 1.37. The topological polar surface area (TPSA) is 91.2 Å². The van der Waals surface area contributed by atoms with Gasteiger partial charge >= 0.3 is 0 Å². The van der Waals surface area contributed by atoms with Crippen LogP contribution in [-0.2, 0) is 22.6 Å². The second kappa shape index (κ2) is 9.64. The molecule has 0 unspecified atom stereocenters. The molecule has 6 heteroatoms. The summed E-state index contributed by atoms with van der Waals surface area (Å²) >= 11 is 0. The van der Waals surface area contributed by atoms with Crippen LogP contribution in [0.15, 0.2) is 66.4 Å². The van der Waals surface area contributed by atoms with Crippen molar-refractivity contribution in [3.63, 3.8) is 0 Å². The molecule has 26 heavy (non-hydrogen) atoms. The van der Waals surface area contributed by atoms with Crippen LogP contribution in [0.4, 0.5) is 0 Å². The third-order valence-corrected chi connectivity index (χ3v) is 3.54. The first kappa shape index (κ1) is 18.7. The van der Waals surface area contributed by atoms with E-state index in [2.05, 4.69) is 10.6 Å². The number of carbonyl (C=O) groups is 2. The Kier molecular flexibility index (Phi) is 6.95. The fraction of sp³-hybridized carbons (Fsp3) is 0.150. The van der Waals surface area contributed by atoms with E-state index >= 15 is 0 Å². The SMILES string of the molecule is COc1ccc(CN/C=C(/C#N)C(=O)NC(=O)Cc2ccccc2)cc1. The van der Waals surface area contributed by atoms with Crippen LogP contribution in [0, 0.1) is 11.3 Å². The van der Waals surface area contributed by atoms with E-state index in [9.17, 15) is 9.59 Å². The van der Waals surface area contributed by atoms with Crippen molar-refractivity contribution in [2.45, 2.75) is 13.0 Å². The normalized spacial score (nSPS) is 10.5. The lowest BCUT2D eigenvalue weighted by Gasteiger charge is -2.05. The van der Waals surface area contributed by atoms with E-state index in [1.807, 2.05) is 42.5 Å². The molecule has 0 aromatic heterocycles. The number of nitriles is 1. The number of benzene rings is 2. The Hall–Kier alpha value is -3.59. The van der Waals surface area contributed by atoms with Gasteiger partial charge in [-0.1, -0.05) is 42.5 Å². The zero-order valence-electron chi connectivity index (χ0n) is 14.4. The van der Waals surface area contributed by atoms with Gasteiger partial charge in [0.05, 0.1) is 13.5 Å². The molecule has 0 aliphatic heterocycles. The van der Waals surface area contributed by atoms with Crippen LogP contribution in [0.2, 0.25) is 0 Å². The van der Waals surface area contributed by atoms with Crippen molar-refractivity contribution < 1.29 is 14.3 Å². The Morgan fingerprint density at radius 3 is 2.38 bits per heavy atom. The summed E-state index contributed by atoms with van der Waals surface area (Å²) in [6.45, 7) is 0.431. The van der Waals surface area contributed by atoms with Crippen molar-refractivity contribution in [2.75, 3.05) is 7.11 Å². The highest BCUT2D eigenvalue weighted by molar-refractivity contribution is 6.06. The zero-order valence-corrected chi connectivity index (χ0v) is 14.4. The van der Waals surface area contributed by atoms with Gasteiger partial charge in [-0.15, -0.1) is 0 Å². The number of hydrogen-bond donors (Lipinski definition) is 2. The molecule has 2 amide bonds. The maximum atomic E-state index is 12.0. The molecule has 0 bridgehead atoms. The van der Waals surface area contributed by atoms with Crippen LogP contribution in [0.1, 0.15) is 11.1 Å². The lowest BCUT2D eigenvalue weighted by molar-refractivity contribution is -0.127. The Morgan fingerprint density at radius 2 is 1.77 bits per heavy atom. The Bertz CT molecular complexity index is 822. The van der Waals surface area contributed by atoms with Crippen molar-refractivity contribution in [3.8, 4) is 11.8 Å². The third-order valence-electron chi connectivity index (χ3n) is 3.54. The fourth-order valence-corrected chi connectivity index (χ4v) is 2.18. The van der Waals surface area contributed by atoms with Crippen molar-refractivity contribution >= 4 is 11.8 Å². The number of hydrogen-bond acceptors (Lipinski definition) is 5. The van der Waals surface area contributed by atoms with Crippen LogP contribution in [0.25, 0.3) is 0 Å². The van der Waals surface area contributed by atoms with Gasteiger partial charge in [-0.3, -0.25) is 14.9 Å². The molecule has 0 aliphatic rings. The van der Waals surface area contributed by atoms with Crippen molar-refractivity contribution in [1.82, 2.24) is 10.6 Å². The van der Waals surface area contributed by atoms with E-state index in [-0.39, 0.29) is 12.0 Å². The maximum Gasteiger partial charge on any atom is 0.269 e. The van der Waals surface area contributed by atoms with Crippen LogP contribution in [0.5, 0.6) is 5.75 Å². The molecule has 2 aromatic rings. The second-order valence-electron chi connectivity index (χ2n) is 5.44. The molecule has 0 spiro atoms. The number of methoxy groups -OCH3 is 1. The summed E-state index contributed by atoms with van der Waals surface area (Å²) in [6, 6.07) is 18.2. The average Bonchev–Trinajstić information content (AvgIpc) is 2.66. The standard InChI is InChI=1S/C20H19N3O3/c1-26-18-9-7-16(8-10-18)13-22-14-17(12-21)20(25)23-19(24)11-15-5-3-2-4-6-15/h2-10,14,22H,11,13H2,1H3,(H,23,24,25)/b17-14-.